The van der Waals surface area contributed by atoms with Gasteiger partial charge < -0.3 is 36.7 Å². The molecular formula is C38H46N6O5. The number of piperidine rings is 1. The predicted molar refractivity (Wildman–Crippen MR) is 189 cm³/mol. The van der Waals surface area contributed by atoms with Gasteiger partial charge in [0.25, 0.3) is 5.91 Å². The van der Waals surface area contributed by atoms with Crippen molar-refractivity contribution in [2.45, 2.75) is 62.6 Å². The summed E-state index contributed by atoms with van der Waals surface area (Å²) in [4.78, 5) is 58.1. The van der Waals surface area contributed by atoms with Gasteiger partial charge in [0.05, 0.1) is 6.04 Å². The number of nitrogens with two attached hydrogens (primary N) is 1. The molecule has 0 radical (unpaired) electrons. The summed E-state index contributed by atoms with van der Waals surface area (Å²) in [5.41, 5.74) is 9.19. The molecule has 258 valence electrons. The Balaban J connectivity index is 1.31. The molecule has 0 spiro atoms. The Morgan fingerprint density at radius 1 is 0.837 bits per heavy atom. The zero-order chi connectivity index (χ0) is 34.6. The van der Waals surface area contributed by atoms with Crippen molar-refractivity contribution < 1.29 is 24.3 Å². The van der Waals surface area contributed by atoms with Crippen LogP contribution in [0, 0.1) is 0 Å². The van der Waals surface area contributed by atoms with Crippen LogP contribution in [0.1, 0.15) is 59.5 Å². The number of benzene rings is 3. The second-order valence-corrected chi connectivity index (χ2v) is 12.6. The van der Waals surface area contributed by atoms with Crippen molar-refractivity contribution in [1.29, 1.82) is 0 Å². The van der Waals surface area contributed by atoms with Gasteiger partial charge in [0.15, 0.2) is 0 Å². The second-order valence-electron chi connectivity index (χ2n) is 12.6. The molecule has 1 aromatic heterocycles. The van der Waals surface area contributed by atoms with Gasteiger partial charge in [-0.2, -0.15) is 0 Å². The van der Waals surface area contributed by atoms with E-state index in [1.165, 1.54) is 5.56 Å². The smallest absolute Gasteiger partial charge is 0.327 e. The Labute approximate surface area is 286 Å². The first-order chi connectivity index (χ1) is 23.8. The summed E-state index contributed by atoms with van der Waals surface area (Å²) in [5, 5.41) is 19.5. The number of para-hydroxylation sites is 1. The van der Waals surface area contributed by atoms with Crippen LogP contribution in [0.4, 0.5) is 0 Å². The largest absolute Gasteiger partial charge is 0.480 e. The van der Waals surface area contributed by atoms with E-state index in [0.717, 1.165) is 29.3 Å². The molecule has 0 aliphatic carbocycles. The number of nitrogens with zero attached hydrogens (tertiary/aromatic N) is 1. The van der Waals surface area contributed by atoms with E-state index in [4.69, 9.17) is 5.73 Å². The molecule has 1 saturated heterocycles. The van der Waals surface area contributed by atoms with Crippen LogP contribution in [0.25, 0.3) is 10.9 Å². The van der Waals surface area contributed by atoms with Gasteiger partial charge in [0.2, 0.25) is 11.8 Å². The molecule has 4 aromatic rings. The molecule has 11 nitrogen and oxygen atoms in total. The van der Waals surface area contributed by atoms with Crippen LogP contribution in [0.2, 0.25) is 0 Å². The lowest BCUT2D eigenvalue weighted by molar-refractivity contribution is -0.139. The first kappa shape index (κ1) is 35.3. The van der Waals surface area contributed by atoms with Crippen LogP contribution in [0.3, 0.4) is 0 Å². The molecule has 0 saturated carbocycles. The Hall–Kier alpha value is -5.00. The maximum Gasteiger partial charge on any atom is 0.327 e. The quantitative estimate of drug-likeness (QED) is 0.0994. The molecule has 3 aromatic carbocycles. The molecule has 3 amide bonds. The Bertz CT molecular complexity index is 1690. The van der Waals surface area contributed by atoms with E-state index in [9.17, 15) is 24.3 Å². The number of carbonyl (C=O) groups is 4. The van der Waals surface area contributed by atoms with Crippen molar-refractivity contribution in [3.8, 4) is 0 Å². The number of aromatic nitrogens is 1. The monoisotopic (exact) mass is 666 g/mol. The van der Waals surface area contributed by atoms with E-state index in [0.29, 0.717) is 50.4 Å². The van der Waals surface area contributed by atoms with E-state index < -0.39 is 35.9 Å². The number of rotatable bonds is 16. The van der Waals surface area contributed by atoms with Crippen LogP contribution in [-0.4, -0.2) is 83.0 Å². The first-order valence-electron chi connectivity index (χ1n) is 17.0. The number of hydrogen-bond donors (Lipinski definition) is 6. The van der Waals surface area contributed by atoms with Crippen LogP contribution < -0.4 is 21.7 Å². The fourth-order valence-electron chi connectivity index (χ4n) is 6.48. The van der Waals surface area contributed by atoms with E-state index >= 15 is 0 Å². The van der Waals surface area contributed by atoms with Crippen molar-refractivity contribution in [3.05, 3.63) is 108 Å². The number of carbonyl (C=O) groups excluding carboxylic acids is 3. The van der Waals surface area contributed by atoms with Gasteiger partial charge in [-0.25, -0.2) is 4.79 Å². The SMILES string of the molecule is NCCCC[C@@H](NC[C@@H](NC(=O)c1ccccc1)C(=O)O)C(=O)N[C@@H](Cc1c[nH]c2ccccc12)C(=O)N1CCC(c2ccccc2)CC1. The van der Waals surface area contributed by atoms with Crippen LogP contribution in [-0.2, 0) is 20.8 Å². The number of hydrogen-bond acceptors (Lipinski definition) is 6. The molecule has 0 bridgehead atoms. The predicted octanol–water partition coefficient (Wildman–Crippen LogP) is 3.57. The molecule has 1 fully saturated rings. The fraction of sp³-hybridized carbons (Fsp3) is 0.368. The number of aromatic amines is 1. The van der Waals surface area contributed by atoms with Crippen LogP contribution in [0.5, 0.6) is 0 Å². The highest BCUT2D eigenvalue weighted by atomic mass is 16.4. The molecule has 3 atom stereocenters. The molecular weight excluding hydrogens is 620 g/mol. The number of carboxylic acid groups (broad SMARTS) is 1. The van der Waals surface area contributed by atoms with E-state index in [1.54, 1.807) is 30.3 Å². The zero-order valence-electron chi connectivity index (χ0n) is 27.6. The highest BCUT2D eigenvalue weighted by Gasteiger charge is 2.33. The van der Waals surface area contributed by atoms with Crippen molar-refractivity contribution in [3.63, 3.8) is 0 Å². The van der Waals surface area contributed by atoms with Gasteiger partial charge in [-0.05, 0) is 67.5 Å². The maximum absolute atomic E-state index is 14.2. The lowest BCUT2D eigenvalue weighted by Gasteiger charge is -2.35. The van der Waals surface area contributed by atoms with Crippen molar-refractivity contribution in [2.75, 3.05) is 26.2 Å². The third-order valence-electron chi connectivity index (χ3n) is 9.26. The number of nitrogens with one attached hydrogen (secondary N) is 4. The normalized spacial score (nSPS) is 15.3. The minimum Gasteiger partial charge on any atom is -0.480 e. The summed E-state index contributed by atoms with van der Waals surface area (Å²) in [6.45, 7) is 1.42. The third kappa shape index (κ3) is 9.55. The average Bonchev–Trinajstić information content (AvgIpc) is 3.55. The molecule has 1 aliphatic rings. The van der Waals surface area contributed by atoms with E-state index in [-0.39, 0.29) is 18.9 Å². The first-order valence-corrected chi connectivity index (χ1v) is 17.0. The minimum absolute atomic E-state index is 0.149. The summed E-state index contributed by atoms with van der Waals surface area (Å²) in [7, 11) is 0. The van der Waals surface area contributed by atoms with Gasteiger partial charge in [-0.3, -0.25) is 14.4 Å². The Kier molecular flexibility index (Phi) is 12.5. The lowest BCUT2D eigenvalue weighted by atomic mass is 9.89. The number of fused-ring (bicyclic) bond motifs is 1. The van der Waals surface area contributed by atoms with Gasteiger partial charge >= 0.3 is 5.97 Å². The maximum atomic E-state index is 14.2. The average molecular weight is 667 g/mol. The molecule has 7 N–H and O–H groups in total. The van der Waals surface area contributed by atoms with Crippen LogP contribution in [0.15, 0.2) is 91.1 Å². The highest BCUT2D eigenvalue weighted by molar-refractivity contribution is 5.96. The lowest BCUT2D eigenvalue weighted by Crippen LogP contribution is -2.57. The molecule has 2 heterocycles. The topological polar surface area (TPSA) is 170 Å². The zero-order valence-corrected chi connectivity index (χ0v) is 27.6. The number of unbranched alkanes of at least 4 members (excludes halogenated alkanes) is 1. The Morgan fingerprint density at radius 2 is 1.51 bits per heavy atom. The van der Waals surface area contributed by atoms with Crippen molar-refractivity contribution in [1.82, 2.24) is 25.8 Å². The van der Waals surface area contributed by atoms with E-state index in [2.05, 4.69) is 33.1 Å². The van der Waals surface area contributed by atoms with E-state index in [1.807, 2.05) is 53.6 Å². The fourth-order valence-corrected chi connectivity index (χ4v) is 6.48. The summed E-state index contributed by atoms with van der Waals surface area (Å²) in [5.74, 6) is -1.95. The number of carboxylic acids is 1. The summed E-state index contributed by atoms with van der Waals surface area (Å²) < 4.78 is 0. The number of aliphatic carboxylic acids is 1. The summed E-state index contributed by atoms with van der Waals surface area (Å²) in [6, 6.07) is 23.6. The number of amides is 3. The summed E-state index contributed by atoms with van der Waals surface area (Å²) in [6.07, 6.45) is 5.49. The van der Waals surface area contributed by atoms with Gasteiger partial charge in [-0.15, -0.1) is 0 Å². The summed E-state index contributed by atoms with van der Waals surface area (Å²) >= 11 is 0. The standard InChI is InChI=1S/C38H46N6O5/c39-20-10-9-17-32(41-25-34(38(48)49)43-35(45)28-13-5-2-6-14-28)36(46)42-33(23-29-24-40-31-16-8-7-15-30(29)31)37(47)44-21-18-27(19-22-44)26-11-3-1-4-12-26/h1-8,11-16,24,27,32-34,40-41H,9-10,17-23,25,39H2,(H,42,46)(H,43,45)(H,48,49)/t32-,33+,34-/m1/s1. The number of likely N-dealkylation sites (tertiary alicyclic amines) is 1. The van der Waals surface area contributed by atoms with Gasteiger partial charge in [0, 0.05) is 48.7 Å². The van der Waals surface area contributed by atoms with Gasteiger partial charge in [0.1, 0.15) is 12.1 Å². The highest BCUT2D eigenvalue weighted by Crippen LogP contribution is 2.28. The minimum atomic E-state index is -1.29. The Morgan fingerprint density at radius 3 is 2.20 bits per heavy atom. The molecule has 11 heteroatoms. The molecule has 1 aliphatic heterocycles. The van der Waals surface area contributed by atoms with Crippen molar-refractivity contribution in [2.24, 2.45) is 5.73 Å². The van der Waals surface area contributed by atoms with Crippen molar-refractivity contribution >= 4 is 34.6 Å². The molecule has 0 unspecified atom stereocenters. The third-order valence-corrected chi connectivity index (χ3v) is 9.26. The van der Waals surface area contributed by atoms with Gasteiger partial charge in [-0.1, -0.05) is 73.2 Å². The molecule has 5 rings (SSSR count). The number of H-pyrrole nitrogens is 1. The molecule has 49 heavy (non-hydrogen) atoms. The second kappa shape index (κ2) is 17.4. The van der Waals surface area contributed by atoms with Crippen LogP contribution >= 0.6 is 0 Å².